The van der Waals surface area contributed by atoms with Gasteiger partial charge in [0.05, 0.1) is 0 Å². The predicted octanol–water partition coefficient (Wildman–Crippen LogP) is 1.24. The van der Waals surface area contributed by atoms with Crippen molar-refractivity contribution in [2.75, 3.05) is 11.6 Å². The van der Waals surface area contributed by atoms with E-state index >= 15 is 0 Å². The zero-order valence-corrected chi connectivity index (χ0v) is 11.9. The van der Waals surface area contributed by atoms with Crippen LogP contribution in [0.2, 0.25) is 0 Å². The van der Waals surface area contributed by atoms with Gasteiger partial charge in [-0.05, 0) is 11.8 Å². The fourth-order valence-electron chi connectivity index (χ4n) is 2.37. The molecule has 1 aliphatic rings. The first-order valence-corrected chi connectivity index (χ1v) is 7.43. The van der Waals surface area contributed by atoms with Gasteiger partial charge in [0.1, 0.15) is 6.04 Å². The molecule has 2 heterocycles. The van der Waals surface area contributed by atoms with Crippen LogP contribution in [0.3, 0.4) is 0 Å². The van der Waals surface area contributed by atoms with Crippen molar-refractivity contribution < 1.29 is 14.7 Å². The number of hydrogen-bond acceptors (Lipinski definition) is 5. The number of carbonyl (C=O) groups excluding carboxylic acids is 1. The van der Waals surface area contributed by atoms with Gasteiger partial charge in [0.2, 0.25) is 17.0 Å². The molecule has 8 heteroatoms. The SMILES string of the molecule is CSc1nc2n(n1)C(c1ccccc1)C(C(=O)O)C(=O)N2. The molecule has 0 bridgehead atoms. The Labute approximate surface area is 124 Å². The fraction of sp³-hybridized carbons (Fsp3) is 0.231. The van der Waals surface area contributed by atoms with Gasteiger partial charge in [-0.25, -0.2) is 4.68 Å². The van der Waals surface area contributed by atoms with Gasteiger partial charge < -0.3 is 5.11 Å². The lowest BCUT2D eigenvalue weighted by Crippen LogP contribution is -2.42. The van der Waals surface area contributed by atoms with Gasteiger partial charge in [-0.15, -0.1) is 5.10 Å². The lowest BCUT2D eigenvalue weighted by atomic mass is 9.91. The summed E-state index contributed by atoms with van der Waals surface area (Å²) < 4.78 is 1.47. The predicted molar refractivity (Wildman–Crippen MR) is 76.1 cm³/mol. The van der Waals surface area contributed by atoms with E-state index in [0.717, 1.165) is 0 Å². The van der Waals surface area contributed by atoms with Crippen LogP contribution in [-0.4, -0.2) is 38.0 Å². The highest BCUT2D eigenvalue weighted by Gasteiger charge is 2.43. The van der Waals surface area contributed by atoms with Crippen LogP contribution in [0, 0.1) is 5.92 Å². The maximum atomic E-state index is 12.1. The number of aliphatic carboxylic acids is 1. The summed E-state index contributed by atoms with van der Waals surface area (Å²) in [5, 5.41) is 16.7. The molecule has 0 spiro atoms. The number of nitrogens with one attached hydrogen (secondary N) is 1. The van der Waals surface area contributed by atoms with E-state index in [1.807, 2.05) is 12.3 Å². The Morgan fingerprint density at radius 3 is 2.71 bits per heavy atom. The van der Waals surface area contributed by atoms with E-state index < -0.39 is 23.8 Å². The maximum absolute atomic E-state index is 12.1. The van der Waals surface area contributed by atoms with Crippen molar-refractivity contribution in [1.82, 2.24) is 14.8 Å². The number of fused-ring (bicyclic) bond motifs is 1. The van der Waals surface area contributed by atoms with E-state index in [0.29, 0.717) is 10.7 Å². The molecule has 2 unspecified atom stereocenters. The molecule has 0 saturated heterocycles. The largest absolute Gasteiger partial charge is 0.481 e. The summed E-state index contributed by atoms with van der Waals surface area (Å²) in [6, 6.07) is 8.28. The number of carboxylic acid groups (broad SMARTS) is 1. The highest BCUT2D eigenvalue weighted by Crippen LogP contribution is 2.34. The average molecular weight is 304 g/mol. The molecule has 2 N–H and O–H groups in total. The van der Waals surface area contributed by atoms with Crippen LogP contribution in [0.4, 0.5) is 5.95 Å². The van der Waals surface area contributed by atoms with Gasteiger partial charge in [0, 0.05) is 0 Å². The molecule has 0 fully saturated rings. The van der Waals surface area contributed by atoms with E-state index in [1.165, 1.54) is 16.4 Å². The molecule has 2 atom stereocenters. The fourth-order valence-corrected chi connectivity index (χ4v) is 2.72. The minimum absolute atomic E-state index is 0.274. The van der Waals surface area contributed by atoms with Crippen molar-refractivity contribution in [2.45, 2.75) is 11.2 Å². The highest BCUT2D eigenvalue weighted by molar-refractivity contribution is 7.98. The first-order chi connectivity index (χ1) is 10.1. The van der Waals surface area contributed by atoms with Gasteiger partial charge in [0.15, 0.2) is 5.92 Å². The van der Waals surface area contributed by atoms with Crippen LogP contribution in [0.5, 0.6) is 0 Å². The van der Waals surface area contributed by atoms with Crippen molar-refractivity contribution in [3.05, 3.63) is 35.9 Å². The topological polar surface area (TPSA) is 97.1 Å². The van der Waals surface area contributed by atoms with E-state index in [1.54, 1.807) is 24.3 Å². The second-order valence-electron chi connectivity index (χ2n) is 4.53. The molecular weight excluding hydrogens is 292 g/mol. The first kappa shape index (κ1) is 13.6. The Hall–Kier alpha value is -2.35. The lowest BCUT2D eigenvalue weighted by Gasteiger charge is -2.28. The van der Waals surface area contributed by atoms with Crippen molar-refractivity contribution in [2.24, 2.45) is 5.92 Å². The highest BCUT2D eigenvalue weighted by atomic mass is 32.2. The lowest BCUT2D eigenvalue weighted by molar-refractivity contribution is -0.147. The van der Waals surface area contributed by atoms with Gasteiger partial charge in [-0.3, -0.25) is 14.9 Å². The summed E-state index contributed by atoms with van der Waals surface area (Å²) in [6.45, 7) is 0. The molecule has 7 nitrogen and oxygen atoms in total. The Kier molecular flexibility index (Phi) is 3.38. The summed E-state index contributed by atoms with van der Waals surface area (Å²) in [5.41, 5.74) is 0.707. The van der Waals surface area contributed by atoms with Crippen LogP contribution in [0.15, 0.2) is 35.5 Å². The number of thioether (sulfide) groups is 1. The van der Waals surface area contributed by atoms with E-state index in [-0.39, 0.29) is 5.95 Å². The molecular formula is C13H12N4O3S. The number of aromatic nitrogens is 3. The van der Waals surface area contributed by atoms with Gasteiger partial charge in [0.25, 0.3) is 0 Å². The summed E-state index contributed by atoms with van der Waals surface area (Å²) in [7, 11) is 0. The van der Waals surface area contributed by atoms with Crippen LogP contribution in [0.25, 0.3) is 0 Å². The molecule has 21 heavy (non-hydrogen) atoms. The van der Waals surface area contributed by atoms with E-state index in [9.17, 15) is 14.7 Å². The monoisotopic (exact) mass is 304 g/mol. The number of benzene rings is 1. The second-order valence-corrected chi connectivity index (χ2v) is 5.30. The summed E-state index contributed by atoms with van der Waals surface area (Å²) in [4.78, 5) is 27.8. The van der Waals surface area contributed by atoms with Crippen LogP contribution < -0.4 is 5.32 Å². The first-order valence-electron chi connectivity index (χ1n) is 6.21. The second kappa shape index (κ2) is 5.21. The zero-order chi connectivity index (χ0) is 15.0. The third-order valence-electron chi connectivity index (χ3n) is 3.30. The number of amides is 1. The number of hydrogen-bond donors (Lipinski definition) is 2. The third kappa shape index (κ3) is 2.27. The van der Waals surface area contributed by atoms with Crippen molar-refractivity contribution in [1.29, 1.82) is 0 Å². The Morgan fingerprint density at radius 2 is 2.10 bits per heavy atom. The molecule has 3 rings (SSSR count). The van der Waals surface area contributed by atoms with Crippen molar-refractivity contribution >= 4 is 29.6 Å². The molecule has 0 aliphatic carbocycles. The standard InChI is InChI=1S/C13H12N4O3S/c1-21-13-15-12-14-10(18)8(11(19)20)9(17(12)16-13)7-5-3-2-4-6-7/h2-6,8-9H,1H3,(H,19,20)(H,14,15,16,18). The van der Waals surface area contributed by atoms with Gasteiger partial charge >= 0.3 is 5.97 Å². The molecule has 1 aliphatic heterocycles. The normalized spacial score (nSPS) is 20.7. The maximum Gasteiger partial charge on any atom is 0.318 e. The zero-order valence-electron chi connectivity index (χ0n) is 11.1. The van der Waals surface area contributed by atoms with Gasteiger partial charge in [-0.1, -0.05) is 42.1 Å². The Balaban J connectivity index is 2.17. The average Bonchev–Trinajstić information content (AvgIpc) is 2.88. The summed E-state index contributed by atoms with van der Waals surface area (Å²) >= 11 is 1.33. The van der Waals surface area contributed by atoms with Crippen LogP contribution in [0.1, 0.15) is 11.6 Å². The molecule has 1 aromatic carbocycles. The molecule has 0 saturated carbocycles. The number of carboxylic acids is 1. The van der Waals surface area contributed by atoms with Gasteiger partial charge in [-0.2, -0.15) is 4.98 Å². The van der Waals surface area contributed by atoms with E-state index in [4.69, 9.17) is 0 Å². The molecule has 0 radical (unpaired) electrons. The van der Waals surface area contributed by atoms with Crippen molar-refractivity contribution in [3.8, 4) is 0 Å². The Bertz CT molecular complexity index is 701. The number of carbonyl (C=O) groups is 2. The molecule has 108 valence electrons. The van der Waals surface area contributed by atoms with Crippen LogP contribution in [-0.2, 0) is 9.59 Å². The number of rotatable bonds is 3. The smallest absolute Gasteiger partial charge is 0.318 e. The molecule has 1 aromatic heterocycles. The minimum atomic E-state index is -1.24. The number of nitrogens with zero attached hydrogens (tertiary/aromatic N) is 3. The molecule has 1 amide bonds. The van der Waals surface area contributed by atoms with Crippen molar-refractivity contribution in [3.63, 3.8) is 0 Å². The quantitative estimate of drug-likeness (QED) is 0.654. The summed E-state index contributed by atoms with van der Waals surface area (Å²) in [5.74, 6) is -2.73. The van der Waals surface area contributed by atoms with Crippen LogP contribution >= 0.6 is 11.8 Å². The summed E-state index contributed by atoms with van der Waals surface area (Å²) in [6.07, 6.45) is 1.81. The minimum Gasteiger partial charge on any atom is -0.481 e. The number of anilines is 1. The Morgan fingerprint density at radius 1 is 1.38 bits per heavy atom. The third-order valence-corrected chi connectivity index (χ3v) is 3.84. The van der Waals surface area contributed by atoms with E-state index in [2.05, 4.69) is 15.4 Å². The molecule has 2 aromatic rings.